The molecular weight excluding hydrogens is 749 g/mol. The molecule has 0 atom stereocenters. The molecule has 8 aromatic rings. The molecule has 0 saturated carbocycles. The smallest absolute Gasteiger partial charge is 0.138 e. The van der Waals surface area contributed by atoms with Gasteiger partial charge in [0, 0.05) is 48.7 Å². The fourth-order valence-electron chi connectivity index (χ4n) is 5.56. The number of benzene rings is 4. The van der Waals surface area contributed by atoms with E-state index in [0.29, 0.717) is 0 Å². The zero-order valence-corrected chi connectivity index (χ0v) is 29.3. The largest absolute Gasteiger partial charge is 0.501 e. The maximum atomic E-state index is 6.21. The van der Waals surface area contributed by atoms with Gasteiger partial charge in [0.05, 0.1) is 13.7 Å². The number of rotatable bonds is 3. The molecule has 0 amide bonds. The van der Waals surface area contributed by atoms with Crippen LogP contribution in [0.4, 0.5) is 0 Å². The van der Waals surface area contributed by atoms with Crippen molar-refractivity contribution in [2.75, 3.05) is 0 Å². The third-order valence-corrected chi connectivity index (χ3v) is 10.1. The summed E-state index contributed by atoms with van der Waals surface area (Å²) in [5.41, 5.74) is 9.44. The number of para-hydroxylation sites is 1. The molecule has 0 N–H and O–H groups in total. The van der Waals surface area contributed by atoms with Gasteiger partial charge in [-0.25, -0.2) is 0 Å². The normalized spacial score (nSPS) is 11.5. The van der Waals surface area contributed by atoms with Crippen LogP contribution in [0.5, 0.6) is 0 Å². The zero-order valence-electron chi connectivity index (χ0n) is 25.9. The number of aromatic nitrogens is 2. The summed E-state index contributed by atoms with van der Waals surface area (Å²) in [5.74, 6) is 0. The minimum atomic E-state index is -1.23. The van der Waals surface area contributed by atoms with Crippen LogP contribution in [-0.2, 0) is 20.1 Å². The Morgan fingerprint density at radius 3 is 2.16 bits per heavy atom. The summed E-state index contributed by atoms with van der Waals surface area (Å²) < 4.78 is 12.4. The predicted octanol–water partition coefficient (Wildman–Crippen LogP) is 10.1. The van der Waals surface area contributed by atoms with Gasteiger partial charge in [0.1, 0.15) is 16.7 Å². The van der Waals surface area contributed by atoms with Gasteiger partial charge in [0.25, 0.3) is 0 Å². The zero-order chi connectivity index (χ0) is 30.4. The van der Waals surface area contributed by atoms with Crippen molar-refractivity contribution in [3.63, 3.8) is 0 Å². The second-order valence-corrected chi connectivity index (χ2v) is 17.4. The number of pyridine rings is 2. The van der Waals surface area contributed by atoms with Gasteiger partial charge in [-0.05, 0) is 53.7 Å². The number of hydrogen-bond donors (Lipinski definition) is 0. The average molecular weight is 781 g/mol. The summed E-state index contributed by atoms with van der Waals surface area (Å²) in [4.78, 5) is 9.23. The van der Waals surface area contributed by atoms with Crippen LogP contribution in [0.15, 0.2) is 112 Å². The molecular formula is C39H32IrN2O2Si-2. The molecule has 6 heteroatoms. The Morgan fingerprint density at radius 2 is 1.40 bits per heavy atom. The molecule has 0 saturated heterocycles. The Kier molecular flexibility index (Phi) is 8.32. The van der Waals surface area contributed by atoms with Crippen molar-refractivity contribution in [2.24, 2.45) is 0 Å². The van der Waals surface area contributed by atoms with E-state index in [1.165, 1.54) is 10.8 Å². The molecule has 45 heavy (non-hydrogen) atoms. The maximum absolute atomic E-state index is 6.21. The van der Waals surface area contributed by atoms with E-state index in [1.54, 1.807) is 0 Å². The fourth-order valence-corrected chi connectivity index (χ4v) is 6.59. The fraction of sp³-hybridized carbons (Fsp3) is 0.128. The second kappa shape index (κ2) is 12.2. The van der Waals surface area contributed by atoms with Crippen LogP contribution < -0.4 is 5.19 Å². The molecule has 4 aromatic carbocycles. The van der Waals surface area contributed by atoms with Gasteiger partial charge in [0.2, 0.25) is 0 Å². The van der Waals surface area contributed by atoms with E-state index in [4.69, 9.17) is 13.8 Å². The predicted molar refractivity (Wildman–Crippen MR) is 184 cm³/mol. The first-order chi connectivity index (χ1) is 21.3. The first kappa shape index (κ1) is 30.7. The topological polar surface area (TPSA) is 52.1 Å². The molecule has 1 radical (unpaired) electrons. The van der Waals surface area contributed by atoms with Gasteiger partial charge in [-0.1, -0.05) is 73.1 Å². The van der Waals surface area contributed by atoms with Crippen molar-refractivity contribution in [3.8, 4) is 22.5 Å². The third kappa shape index (κ3) is 5.89. The average Bonchev–Trinajstić information content (AvgIpc) is 3.60. The molecule has 0 unspecified atom stereocenters. The molecule has 8 rings (SSSR count). The van der Waals surface area contributed by atoms with E-state index in [-0.39, 0.29) is 20.1 Å². The first-order valence-corrected chi connectivity index (χ1v) is 18.3. The minimum absolute atomic E-state index is 0. The van der Waals surface area contributed by atoms with Crippen LogP contribution in [0.3, 0.4) is 0 Å². The standard InChI is InChI=1S/C25H16NO2.C14H16NSi.Ir/c1-14-9-10-16-17-7-4-8-19(25(17)28-22(16)11-14)21-12-23-20(13-26-21)18-6-3-5-15(2)24(18)27-23;1-16(2,3)13-9-10-14(15-11-13)12-7-5-4-6-8-12;/h3-7,9-13H,1-2H3;4-7,9-11H,1-3H3;/q2*-1;. The van der Waals surface area contributed by atoms with E-state index < -0.39 is 8.07 Å². The molecule has 225 valence electrons. The third-order valence-electron chi connectivity index (χ3n) is 8.04. The summed E-state index contributed by atoms with van der Waals surface area (Å²) in [6.45, 7) is 11.1. The van der Waals surface area contributed by atoms with Crippen molar-refractivity contribution in [2.45, 2.75) is 33.5 Å². The van der Waals surface area contributed by atoms with Crippen molar-refractivity contribution in [1.82, 2.24) is 9.97 Å². The molecule has 4 nitrogen and oxygen atoms in total. The van der Waals surface area contributed by atoms with Gasteiger partial charge in [-0.3, -0.25) is 0 Å². The van der Waals surface area contributed by atoms with Crippen LogP contribution in [0.1, 0.15) is 11.1 Å². The summed E-state index contributed by atoms with van der Waals surface area (Å²) in [7, 11) is -1.23. The Labute approximate surface area is 277 Å². The molecule has 0 fully saturated rings. The van der Waals surface area contributed by atoms with Crippen LogP contribution >= 0.6 is 0 Å². The van der Waals surface area contributed by atoms with E-state index in [2.05, 4.69) is 93.1 Å². The minimum Gasteiger partial charge on any atom is -0.501 e. The van der Waals surface area contributed by atoms with Gasteiger partial charge in [-0.2, -0.15) is 0 Å². The van der Waals surface area contributed by atoms with Gasteiger partial charge >= 0.3 is 0 Å². The van der Waals surface area contributed by atoms with Gasteiger partial charge < -0.3 is 18.8 Å². The number of aryl methyl sites for hydroxylation is 2. The monoisotopic (exact) mass is 781 g/mol. The number of nitrogens with zero attached hydrogens (tertiary/aromatic N) is 2. The summed E-state index contributed by atoms with van der Waals surface area (Å²) in [6, 6.07) is 37.2. The molecule has 0 aliphatic carbocycles. The van der Waals surface area contributed by atoms with Crippen LogP contribution in [0, 0.1) is 26.0 Å². The first-order valence-electron chi connectivity index (χ1n) is 14.8. The van der Waals surface area contributed by atoms with Crippen molar-refractivity contribution in [3.05, 3.63) is 127 Å². The summed E-state index contributed by atoms with van der Waals surface area (Å²) in [5, 5.41) is 5.69. The van der Waals surface area contributed by atoms with E-state index in [9.17, 15) is 0 Å². The van der Waals surface area contributed by atoms with E-state index in [1.807, 2.05) is 60.9 Å². The maximum Gasteiger partial charge on any atom is 0.138 e. The molecule has 0 bridgehead atoms. The quantitative estimate of drug-likeness (QED) is 0.132. The Morgan fingerprint density at radius 1 is 0.622 bits per heavy atom. The second-order valence-electron chi connectivity index (χ2n) is 12.3. The number of furan rings is 2. The Bertz CT molecular complexity index is 2280. The van der Waals surface area contributed by atoms with Crippen molar-refractivity contribution in [1.29, 1.82) is 0 Å². The molecule has 4 aromatic heterocycles. The van der Waals surface area contributed by atoms with Crippen molar-refractivity contribution >= 4 is 57.1 Å². The number of fused-ring (bicyclic) bond motifs is 6. The SMILES string of the molecule is C[Si](C)(C)c1ccc(-c2[c-]cccc2)nc1.Cc1ccc2c(c1)oc1c(-c3cc4oc5c(C)cccc5c4cn3)[c-]ccc12.[Ir]. The van der Waals surface area contributed by atoms with Gasteiger partial charge in [-0.15, -0.1) is 54.1 Å². The van der Waals surface area contributed by atoms with Crippen LogP contribution in [0.2, 0.25) is 19.6 Å². The van der Waals surface area contributed by atoms with Crippen molar-refractivity contribution < 1.29 is 28.9 Å². The molecule has 0 spiro atoms. The molecule has 0 aliphatic rings. The molecule has 4 heterocycles. The number of hydrogen-bond acceptors (Lipinski definition) is 4. The summed E-state index contributed by atoms with van der Waals surface area (Å²) in [6.07, 6.45) is 3.90. The van der Waals surface area contributed by atoms with Gasteiger partial charge in [0.15, 0.2) is 0 Å². The van der Waals surface area contributed by atoms with Crippen LogP contribution in [-0.4, -0.2) is 18.0 Å². The van der Waals surface area contributed by atoms with E-state index in [0.717, 1.165) is 72.0 Å². The van der Waals surface area contributed by atoms with Crippen LogP contribution in [0.25, 0.3) is 66.4 Å². The Balaban J connectivity index is 0.000000181. The molecule has 0 aliphatic heterocycles. The Hall–Kier alpha value is -4.35. The van der Waals surface area contributed by atoms with E-state index >= 15 is 0 Å². The summed E-state index contributed by atoms with van der Waals surface area (Å²) >= 11 is 0.